The van der Waals surface area contributed by atoms with Crippen molar-refractivity contribution in [2.45, 2.75) is 45.6 Å². The summed E-state index contributed by atoms with van der Waals surface area (Å²) in [6, 6.07) is 17.5. The Kier molecular flexibility index (Phi) is 5.63. The summed E-state index contributed by atoms with van der Waals surface area (Å²) >= 11 is 0. The minimum absolute atomic E-state index is 0.105. The first-order valence-electron chi connectivity index (χ1n) is 10.6. The molecule has 2 heterocycles. The first-order chi connectivity index (χ1) is 14.8. The molecule has 1 aromatic heterocycles. The fraction of sp³-hybridized carbons (Fsp3) is 0.320. The van der Waals surface area contributed by atoms with Gasteiger partial charge < -0.3 is 10.2 Å². The number of nitrogens with one attached hydrogen (secondary N) is 1. The Labute approximate surface area is 182 Å². The number of nitrogens with zero attached hydrogens (tertiary/aromatic N) is 3. The number of hydrogen-bond donors (Lipinski definition) is 1. The molecule has 1 N–H and O–H groups in total. The molecule has 0 bridgehead atoms. The topological polar surface area (TPSA) is 67.2 Å². The molecular weight excluding hydrogens is 388 g/mol. The molecule has 31 heavy (non-hydrogen) atoms. The second kappa shape index (κ2) is 8.38. The van der Waals surface area contributed by atoms with Crippen molar-refractivity contribution in [1.82, 2.24) is 9.78 Å². The van der Waals surface area contributed by atoms with Crippen LogP contribution < -0.4 is 10.2 Å². The fourth-order valence-electron chi connectivity index (χ4n) is 3.77. The summed E-state index contributed by atoms with van der Waals surface area (Å²) in [6.07, 6.45) is 3.09. The van der Waals surface area contributed by atoms with E-state index in [1.165, 1.54) is 5.56 Å². The van der Waals surface area contributed by atoms with Crippen LogP contribution in [0, 0.1) is 0 Å². The van der Waals surface area contributed by atoms with E-state index in [-0.39, 0.29) is 17.2 Å². The predicted octanol–water partition coefficient (Wildman–Crippen LogP) is 4.61. The largest absolute Gasteiger partial charge is 0.312 e. The Hall–Kier alpha value is -3.41. The number of carbonyl (C=O) groups is 2. The first-order valence-corrected chi connectivity index (χ1v) is 10.6. The van der Waals surface area contributed by atoms with Gasteiger partial charge in [0.05, 0.1) is 12.7 Å². The highest BCUT2D eigenvalue weighted by Gasteiger charge is 2.22. The van der Waals surface area contributed by atoms with Crippen LogP contribution >= 0.6 is 0 Å². The van der Waals surface area contributed by atoms with E-state index >= 15 is 0 Å². The Morgan fingerprint density at radius 1 is 1.10 bits per heavy atom. The van der Waals surface area contributed by atoms with Crippen LogP contribution in [0.25, 0.3) is 0 Å². The number of carbonyl (C=O) groups excluding carboxylic acids is 2. The lowest BCUT2D eigenvalue weighted by atomic mass is 9.87. The Morgan fingerprint density at radius 3 is 2.55 bits per heavy atom. The van der Waals surface area contributed by atoms with Gasteiger partial charge in [0.25, 0.3) is 5.91 Å². The van der Waals surface area contributed by atoms with Gasteiger partial charge in [0, 0.05) is 30.3 Å². The van der Waals surface area contributed by atoms with Gasteiger partial charge in [-0.15, -0.1) is 0 Å². The maximum absolute atomic E-state index is 12.9. The van der Waals surface area contributed by atoms with E-state index < -0.39 is 0 Å². The number of anilines is 2. The van der Waals surface area contributed by atoms with Crippen molar-refractivity contribution in [3.63, 3.8) is 0 Å². The summed E-state index contributed by atoms with van der Waals surface area (Å²) < 4.78 is 1.78. The molecule has 0 aliphatic carbocycles. The molecular formula is C25H28N4O2. The number of aromatic nitrogens is 2. The lowest BCUT2D eigenvalue weighted by Crippen LogP contribution is -2.24. The van der Waals surface area contributed by atoms with Crippen LogP contribution in [0.4, 0.5) is 11.5 Å². The zero-order valence-electron chi connectivity index (χ0n) is 18.3. The first kappa shape index (κ1) is 20.8. The SMILES string of the molecule is CC(C)(C)c1ccc(Cn2nccc2NC(=O)c2cccc(N3CCCC3=O)c2)cc1. The molecule has 160 valence electrons. The van der Waals surface area contributed by atoms with E-state index in [0.717, 1.165) is 17.7 Å². The van der Waals surface area contributed by atoms with Crippen molar-refractivity contribution < 1.29 is 9.59 Å². The number of rotatable bonds is 5. The molecule has 1 saturated heterocycles. The van der Waals surface area contributed by atoms with Crippen LogP contribution in [0.3, 0.4) is 0 Å². The molecule has 2 aromatic carbocycles. The highest BCUT2D eigenvalue weighted by Crippen LogP contribution is 2.24. The maximum atomic E-state index is 12.9. The van der Waals surface area contributed by atoms with E-state index in [2.05, 4.69) is 55.5 Å². The molecule has 1 fully saturated rings. The molecule has 1 aliphatic heterocycles. The molecule has 6 nitrogen and oxygen atoms in total. The molecule has 0 unspecified atom stereocenters. The zero-order valence-corrected chi connectivity index (χ0v) is 18.3. The van der Waals surface area contributed by atoms with Crippen molar-refractivity contribution in [3.8, 4) is 0 Å². The average molecular weight is 417 g/mol. The van der Waals surface area contributed by atoms with Crippen molar-refractivity contribution in [2.75, 3.05) is 16.8 Å². The molecule has 6 heteroatoms. The minimum Gasteiger partial charge on any atom is -0.312 e. The van der Waals surface area contributed by atoms with Gasteiger partial charge in [-0.1, -0.05) is 51.1 Å². The standard InChI is InChI=1S/C25H28N4O2/c1-25(2,3)20-11-9-18(10-12-20)17-29-22(13-14-26-29)27-24(31)19-6-4-7-21(16-19)28-15-5-8-23(28)30/h4,6-7,9-14,16H,5,8,15,17H2,1-3H3,(H,27,31). The molecule has 2 amide bonds. The third-order valence-electron chi connectivity index (χ3n) is 5.60. The van der Waals surface area contributed by atoms with Crippen LogP contribution in [0.15, 0.2) is 60.8 Å². The highest BCUT2D eigenvalue weighted by atomic mass is 16.2. The predicted molar refractivity (Wildman–Crippen MR) is 122 cm³/mol. The summed E-state index contributed by atoms with van der Waals surface area (Å²) in [4.78, 5) is 26.6. The van der Waals surface area contributed by atoms with Gasteiger partial charge in [0.15, 0.2) is 0 Å². The molecule has 4 rings (SSSR count). The van der Waals surface area contributed by atoms with Gasteiger partial charge in [-0.2, -0.15) is 5.10 Å². The monoisotopic (exact) mass is 416 g/mol. The van der Waals surface area contributed by atoms with Gasteiger partial charge in [0.1, 0.15) is 5.82 Å². The Bertz CT molecular complexity index is 1090. The second-order valence-electron chi connectivity index (χ2n) is 8.97. The summed E-state index contributed by atoms with van der Waals surface area (Å²) in [5.74, 6) is 0.513. The number of amides is 2. The average Bonchev–Trinajstić information content (AvgIpc) is 3.36. The van der Waals surface area contributed by atoms with Crippen molar-refractivity contribution in [3.05, 3.63) is 77.5 Å². The van der Waals surface area contributed by atoms with Crippen LogP contribution in [0.5, 0.6) is 0 Å². The summed E-state index contributed by atoms with van der Waals surface area (Å²) in [7, 11) is 0. The molecule has 0 radical (unpaired) electrons. The molecule has 1 aliphatic rings. The third kappa shape index (κ3) is 4.68. The van der Waals surface area contributed by atoms with Crippen LogP contribution in [-0.4, -0.2) is 28.1 Å². The minimum atomic E-state index is -0.224. The van der Waals surface area contributed by atoms with E-state index in [1.54, 1.807) is 34.0 Å². The van der Waals surface area contributed by atoms with E-state index in [4.69, 9.17) is 0 Å². The Balaban J connectivity index is 1.47. The third-order valence-corrected chi connectivity index (χ3v) is 5.60. The zero-order chi connectivity index (χ0) is 22.0. The van der Waals surface area contributed by atoms with Gasteiger partial charge >= 0.3 is 0 Å². The van der Waals surface area contributed by atoms with Crippen molar-refractivity contribution >= 4 is 23.3 Å². The Morgan fingerprint density at radius 2 is 1.87 bits per heavy atom. The van der Waals surface area contributed by atoms with E-state index in [9.17, 15) is 9.59 Å². The maximum Gasteiger partial charge on any atom is 0.256 e. The van der Waals surface area contributed by atoms with Crippen LogP contribution in [0.1, 0.15) is 55.1 Å². The summed E-state index contributed by atoms with van der Waals surface area (Å²) in [6.45, 7) is 7.84. The highest BCUT2D eigenvalue weighted by molar-refractivity contribution is 6.05. The quantitative estimate of drug-likeness (QED) is 0.661. The molecule has 0 atom stereocenters. The molecule has 0 spiro atoms. The van der Waals surface area contributed by atoms with Gasteiger partial charge in [-0.25, -0.2) is 4.68 Å². The number of benzene rings is 2. The lowest BCUT2D eigenvalue weighted by Gasteiger charge is -2.19. The van der Waals surface area contributed by atoms with Gasteiger partial charge in [0.2, 0.25) is 5.91 Å². The second-order valence-corrected chi connectivity index (χ2v) is 8.97. The summed E-state index contributed by atoms with van der Waals surface area (Å²) in [5.41, 5.74) is 3.78. The van der Waals surface area contributed by atoms with Crippen molar-refractivity contribution in [1.29, 1.82) is 0 Å². The summed E-state index contributed by atoms with van der Waals surface area (Å²) in [5, 5.41) is 7.32. The van der Waals surface area contributed by atoms with Gasteiger partial charge in [-0.05, 0) is 41.2 Å². The fourth-order valence-corrected chi connectivity index (χ4v) is 3.77. The van der Waals surface area contributed by atoms with Crippen LogP contribution in [-0.2, 0) is 16.8 Å². The molecule has 3 aromatic rings. The van der Waals surface area contributed by atoms with E-state index in [1.807, 2.05) is 12.1 Å². The van der Waals surface area contributed by atoms with E-state index in [0.29, 0.717) is 30.9 Å². The van der Waals surface area contributed by atoms with Crippen LogP contribution in [0.2, 0.25) is 0 Å². The number of hydrogen-bond acceptors (Lipinski definition) is 3. The molecule has 0 saturated carbocycles. The lowest BCUT2D eigenvalue weighted by molar-refractivity contribution is -0.117. The van der Waals surface area contributed by atoms with Crippen molar-refractivity contribution in [2.24, 2.45) is 0 Å². The smallest absolute Gasteiger partial charge is 0.256 e. The van der Waals surface area contributed by atoms with Gasteiger partial charge in [-0.3, -0.25) is 9.59 Å². The normalized spacial score (nSPS) is 14.2.